The van der Waals surface area contributed by atoms with Crippen molar-refractivity contribution in [2.45, 2.75) is 52.0 Å². The molecule has 2 rings (SSSR count). The van der Waals surface area contributed by atoms with Gasteiger partial charge in [0.25, 0.3) is 0 Å². The number of rotatable bonds is 4. The number of nitrogens with one attached hydrogen (secondary N) is 2. The van der Waals surface area contributed by atoms with Gasteiger partial charge in [-0.15, -0.1) is 0 Å². The van der Waals surface area contributed by atoms with Crippen LogP contribution in [0.3, 0.4) is 0 Å². The van der Waals surface area contributed by atoms with Crippen molar-refractivity contribution in [2.75, 3.05) is 32.7 Å². The van der Waals surface area contributed by atoms with Gasteiger partial charge < -0.3 is 20.4 Å². The molecular formula is C17H30N4O3. The first kappa shape index (κ1) is 18.5. The van der Waals surface area contributed by atoms with E-state index < -0.39 is 0 Å². The standard InChI is InChI=1S/C17H30N4O3/c1-3-8-18-17(24)21-11-6-15(7-12-21)19-16(23)14-4-9-20(10-5-14)13(2)22/h14-15H,3-12H2,1-2H3,(H,18,24)(H,19,23). The lowest BCUT2D eigenvalue weighted by atomic mass is 9.94. The quantitative estimate of drug-likeness (QED) is 0.800. The summed E-state index contributed by atoms with van der Waals surface area (Å²) in [4.78, 5) is 39.3. The molecule has 2 saturated heterocycles. The first-order valence-electron chi connectivity index (χ1n) is 9.10. The third-order valence-corrected chi connectivity index (χ3v) is 4.97. The van der Waals surface area contributed by atoms with Crippen molar-refractivity contribution in [1.29, 1.82) is 0 Å². The fourth-order valence-electron chi connectivity index (χ4n) is 3.35. The highest BCUT2D eigenvalue weighted by Gasteiger charge is 2.29. The summed E-state index contributed by atoms with van der Waals surface area (Å²) in [5.74, 6) is 0.196. The first-order valence-corrected chi connectivity index (χ1v) is 9.10. The number of hydrogen-bond acceptors (Lipinski definition) is 3. The van der Waals surface area contributed by atoms with E-state index in [1.807, 2.05) is 11.8 Å². The van der Waals surface area contributed by atoms with Crippen molar-refractivity contribution >= 4 is 17.8 Å². The lowest BCUT2D eigenvalue weighted by Gasteiger charge is -2.34. The van der Waals surface area contributed by atoms with Crippen LogP contribution in [0, 0.1) is 5.92 Å². The molecule has 0 aromatic carbocycles. The van der Waals surface area contributed by atoms with Gasteiger partial charge in [-0.2, -0.15) is 0 Å². The van der Waals surface area contributed by atoms with E-state index in [-0.39, 0.29) is 29.8 Å². The fraction of sp³-hybridized carbons (Fsp3) is 0.824. The molecule has 7 nitrogen and oxygen atoms in total. The Kier molecular flexibility index (Phi) is 6.87. The second-order valence-electron chi connectivity index (χ2n) is 6.78. The average molecular weight is 338 g/mol. The lowest BCUT2D eigenvalue weighted by molar-refractivity contribution is -0.134. The Balaban J connectivity index is 1.69. The van der Waals surface area contributed by atoms with Crippen molar-refractivity contribution in [3.8, 4) is 0 Å². The molecule has 4 amide bonds. The van der Waals surface area contributed by atoms with Crippen LogP contribution in [-0.4, -0.2) is 66.4 Å². The van der Waals surface area contributed by atoms with Crippen molar-refractivity contribution in [3.63, 3.8) is 0 Å². The van der Waals surface area contributed by atoms with Crippen LogP contribution < -0.4 is 10.6 Å². The monoisotopic (exact) mass is 338 g/mol. The topological polar surface area (TPSA) is 81.8 Å². The van der Waals surface area contributed by atoms with Crippen molar-refractivity contribution in [3.05, 3.63) is 0 Å². The van der Waals surface area contributed by atoms with Crippen LogP contribution in [0.4, 0.5) is 4.79 Å². The van der Waals surface area contributed by atoms with Crippen LogP contribution in [0.2, 0.25) is 0 Å². The zero-order valence-corrected chi connectivity index (χ0v) is 14.8. The third-order valence-electron chi connectivity index (χ3n) is 4.97. The number of hydrogen-bond donors (Lipinski definition) is 2. The smallest absolute Gasteiger partial charge is 0.317 e. The number of nitrogens with zero attached hydrogens (tertiary/aromatic N) is 2. The minimum atomic E-state index is -0.00164. The molecule has 2 N–H and O–H groups in total. The first-order chi connectivity index (χ1) is 11.5. The molecule has 0 saturated carbocycles. The number of likely N-dealkylation sites (tertiary alicyclic amines) is 2. The van der Waals surface area contributed by atoms with Crippen LogP contribution in [0.5, 0.6) is 0 Å². The number of piperidine rings is 2. The van der Waals surface area contributed by atoms with E-state index in [1.54, 1.807) is 11.8 Å². The summed E-state index contributed by atoms with van der Waals surface area (Å²) in [6.07, 6.45) is 4.02. The molecule has 2 aliphatic rings. The molecule has 0 radical (unpaired) electrons. The second kappa shape index (κ2) is 8.89. The zero-order chi connectivity index (χ0) is 17.5. The molecule has 0 spiro atoms. The lowest BCUT2D eigenvalue weighted by Crippen LogP contribution is -2.51. The summed E-state index contributed by atoms with van der Waals surface area (Å²) in [6.45, 7) is 7.02. The summed E-state index contributed by atoms with van der Waals surface area (Å²) in [6, 6.07) is 0.150. The van der Waals surface area contributed by atoms with E-state index >= 15 is 0 Å². The van der Waals surface area contributed by atoms with Gasteiger partial charge >= 0.3 is 6.03 Å². The van der Waals surface area contributed by atoms with Crippen LogP contribution in [0.1, 0.15) is 46.0 Å². The van der Waals surface area contributed by atoms with Crippen molar-refractivity contribution < 1.29 is 14.4 Å². The molecule has 2 aliphatic heterocycles. The minimum absolute atomic E-state index is 0.00164. The Morgan fingerprint density at radius 3 is 2.08 bits per heavy atom. The maximum atomic E-state index is 12.4. The van der Waals surface area contributed by atoms with Crippen LogP contribution in [0.15, 0.2) is 0 Å². The molecule has 0 aliphatic carbocycles. The van der Waals surface area contributed by atoms with E-state index in [0.29, 0.717) is 32.7 Å². The van der Waals surface area contributed by atoms with Gasteiger partial charge in [0.2, 0.25) is 11.8 Å². The highest BCUT2D eigenvalue weighted by atomic mass is 16.2. The van der Waals surface area contributed by atoms with E-state index in [4.69, 9.17) is 0 Å². The van der Waals surface area contributed by atoms with Gasteiger partial charge in [0, 0.05) is 51.6 Å². The Morgan fingerprint density at radius 1 is 0.958 bits per heavy atom. The van der Waals surface area contributed by atoms with E-state index in [2.05, 4.69) is 10.6 Å². The fourth-order valence-corrected chi connectivity index (χ4v) is 3.35. The average Bonchev–Trinajstić information content (AvgIpc) is 2.60. The zero-order valence-electron chi connectivity index (χ0n) is 14.8. The molecule has 0 unspecified atom stereocenters. The summed E-state index contributed by atoms with van der Waals surface area (Å²) in [5.41, 5.74) is 0. The number of carbonyl (C=O) groups excluding carboxylic acids is 3. The number of urea groups is 1. The van der Waals surface area contributed by atoms with Gasteiger partial charge in [-0.05, 0) is 32.1 Å². The molecular weight excluding hydrogens is 308 g/mol. The molecule has 2 fully saturated rings. The molecule has 0 atom stereocenters. The normalized spacial score (nSPS) is 19.9. The molecule has 0 bridgehead atoms. The van der Waals surface area contributed by atoms with Gasteiger partial charge in [0.05, 0.1) is 0 Å². The SMILES string of the molecule is CCCNC(=O)N1CCC(NC(=O)C2CCN(C(C)=O)CC2)CC1. The van der Waals surface area contributed by atoms with E-state index in [1.165, 1.54) is 0 Å². The van der Waals surface area contributed by atoms with Gasteiger partial charge in [0.15, 0.2) is 0 Å². The van der Waals surface area contributed by atoms with E-state index in [9.17, 15) is 14.4 Å². The largest absolute Gasteiger partial charge is 0.353 e. The highest BCUT2D eigenvalue weighted by Crippen LogP contribution is 2.19. The molecule has 2 heterocycles. The summed E-state index contributed by atoms with van der Waals surface area (Å²) < 4.78 is 0. The summed E-state index contributed by atoms with van der Waals surface area (Å²) >= 11 is 0. The van der Waals surface area contributed by atoms with E-state index in [0.717, 1.165) is 32.1 Å². The molecule has 0 aromatic heterocycles. The molecule has 7 heteroatoms. The Labute approximate surface area is 144 Å². The van der Waals surface area contributed by atoms with Gasteiger partial charge in [-0.1, -0.05) is 6.92 Å². The third kappa shape index (κ3) is 5.11. The molecule has 24 heavy (non-hydrogen) atoms. The van der Waals surface area contributed by atoms with Crippen molar-refractivity contribution in [1.82, 2.24) is 20.4 Å². The minimum Gasteiger partial charge on any atom is -0.353 e. The van der Waals surface area contributed by atoms with Gasteiger partial charge in [-0.25, -0.2) is 4.79 Å². The molecule has 136 valence electrons. The van der Waals surface area contributed by atoms with Crippen LogP contribution in [0.25, 0.3) is 0 Å². The molecule has 0 aromatic rings. The second-order valence-corrected chi connectivity index (χ2v) is 6.78. The van der Waals surface area contributed by atoms with Gasteiger partial charge in [0.1, 0.15) is 0 Å². The summed E-state index contributed by atoms with van der Waals surface area (Å²) in [7, 11) is 0. The van der Waals surface area contributed by atoms with Crippen LogP contribution in [-0.2, 0) is 9.59 Å². The maximum Gasteiger partial charge on any atom is 0.317 e. The van der Waals surface area contributed by atoms with Crippen molar-refractivity contribution in [2.24, 2.45) is 5.92 Å². The Bertz CT molecular complexity index is 453. The maximum absolute atomic E-state index is 12.4. The Hall–Kier alpha value is -1.79. The number of carbonyl (C=O) groups is 3. The predicted molar refractivity (Wildman–Crippen MR) is 91.4 cm³/mol. The number of amides is 4. The highest BCUT2D eigenvalue weighted by molar-refractivity contribution is 5.80. The summed E-state index contributed by atoms with van der Waals surface area (Å²) in [5, 5.41) is 6.02. The van der Waals surface area contributed by atoms with Gasteiger partial charge in [-0.3, -0.25) is 9.59 Å². The Morgan fingerprint density at radius 2 is 1.54 bits per heavy atom. The van der Waals surface area contributed by atoms with Crippen LogP contribution >= 0.6 is 0 Å². The predicted octanol–water partition coefficient (Wildman–Crippen LogP) is 0.945.